The van der Waals surface area contributed by atoms with Crippen molar-refractivity contribution in [2.45, 2.75) is 26.7 Å². The van der Waals surface area contributed by atoms with Crippen LogP contribution in [0.5, 0.6) is 0 Å². The standard InChI is InChI=1S/C17H21N5O2S/c1-11-5-4-8-22(10-11)17-21-20-16(25-17)19-15(24)18-14-7-3-6-13(9-14)12(2)23/h3,6-7,9,11H,4-5,8,10H2,1-2H3,(H2,18,19,20,24)/t11-/m0/s1. The molecule has 1 saturated heterocycles. The summed E-state index contributed by atoms with van der Waals surface area (Å²) in [4.78, 5) is 25.7. The van der Waals surface area contributed by atoms with Crippen molar-refractivity contribution < 1.29 is 9.59 Å². The van der Waals surface area contributed by atoms with Crippen molar-refractivity contribution in [1.82, 2.24) is 10.2 Å². The Morgan fingerprint density at radius 3 is 2.88 bits per heavy atom. The van der Waals surface area contributed by atoms with Gasteiger partial charge >= 0.3 is 6.03 Å². The zero-order valence-electron chi connectivity index (χ0n) is 14.3. The molecule has 3 rings (SSSR count). The molecule has 1 aliphatic rings. The zero-order chi connectivity index (χ0) is 17.8. The van der Waals surface area contributed by atoms with Gasteiger partial charge in [0.2, 0.25) is 10.3 Å². The molecule has 0 bridgehead atoms. The summed E-state index contributed by atoms with van der Waals surface area (Å²) in [6.45, 7) is 5.67. The van der Waals surface area contributed by atoms with Gasteiger partial charge in [-0.2, -0.15) is 0 Å². The predicted octanol–water partition coefficient (Wildman–Crippen LogP) is 3.62. The lowest BCUT2D eigenvalue weighted by atomic mass is 10.0. The number of urea groups is 1. The van der Waals surface area contributed by atoms with E-state index in [1.54, 1.807) is 24.3 Å². The number of ketones is 1. The van der Waals surface area contributed by atoms with E-state index in [1.165, 1.54) is 24.7 Å². The molecule has 1 atom stereocenters. The number of nitrogens with one attached hydrogen (secondary N) is 2. The van der Waals surface area contributed by atoms with Crippen molar-refractivity contribution in [3.05, 3.63) is 29.8 Å². The number of Topliss-reactive ketones (excluding diaryl/α,β-unsaturated/α-hetero) is 1. The van der Waals surface area contributed by atoms with Gasteiger partial charge in [0.1, 0.15) is 0 Å². The fourth-order valence-electron chi connectivity index (χ4n) is 2.83. The van der Waals surface area contributed by atoms with Crippen LogP contribution in [0.4, 0.5) is 20.7 Å². The number of benzene rings is 1. The minimum atomic E-state index is -0.407. The fraction of sp³-hybridized carbons (Fsp3) is 0.412. The molecule has 0 saturated carbocycles. The summed E-state index contributed by atoms with van der Waals surface area (Å²) in [6.07, 6.45) is 2.39. The molecule has 0 aliphatic carbocycles. The predicted molar refractivity (Wildman–Crippen MR) is 99.6 cm³/mol. The molecule has 25 heavy (non-hydrogen) atoms. The molecule has 1 fully saturated rings. The summed E-state index contributed by atoms with van der Waals surface area (Å²) in [5.41, 5.74) is 1.11. The minimum absolute atomic E-state index is 0.0476. The minimum Gasteiger partial charge on any atom is -0.346 e. The van der Waals surface area contributed by atoms with Gasteiger partial charge in [0, 0.05) is 24.3 Å². The van der Waals surface area contributed by atoms with Gasteiger partial charge in [-0.15, -0.1) is 10.2 Å². The third-order valence-corrected chi connectivity index (χ3v) is 4.99. The molecule has 7 nitrogen and oxygen atoms in total. The molecule has 132 valence electrons. The number of piperidine rings is 1. The van der Waals surface area contributed by atoms with Gasteiger partial charge in [0.25, 0.3) is 0 Å². The van der Waals surface area contributed by atoms with E-state index < -0.39 is 6.03 Å². The summed E-state index contributed by atoms with van der Waals surface area (Å²) in [5, 5.41) is 14.9. The van der Waals surface area contributed by atoms with Crippen molar-refractivity contribution in [2.75, 3.05) is 28.6 Å². The number of carbonyl (C=O) groups excluding carboxylic acids is 2. The maximum atomic E-state index is 12.1. The van der Waals surface area contributed by atoms with Crippen molar-refractivity contribution in [2.24, 2.45) is 5.92 Å². The Morgan fingerprint density at radius 1 is 1.28 bits per heavy atom. The van der Waals surface area contributed by atoms with Crippen LogP contribution in [0.25, 0.3) is 0 Å². The molecule has 2 N–H and O–H groups in total. The van der Waals surface area contributed by atoms with Crippen LogP contribution in [0.15, 0.2) is 24.3 Å². The molecule has 0 unspecified atom stereocenters. The summed E-state index contributed by atoms with van der Waals surface area (Å²) in [5.74, 6) is 0.597. The topological polar surface area (TPSA) is 87.2 Å². The Hall–Kier alpha value is -2.48. The molecule has 2 heterocycles. The molecule has 0 radical (unpaired) electrons. The van der Waals surface area contributed by atoms with Crippen LogP contribution in [0, 0.1) is 5.92 Å². The summed E-state index contributed by atoms with van der Waals surface area (Å²) < 4.78 is 0. The molecule has 0 spiro atoms. The van der Waals surface area contributed by atoms with Crippen molar-refractivity contribution in [3.8, 4) is 0 Å². The van der Waals surface area contributed by atoms with Gasteiger partial charge < -0.3 is 10.2 Å². The molecule has 2 amide bonds. The molecule has 8 heteroatoms. The number of anilines is 3. The van der Waals surface area contributed by atoms with E-state index in [-0.39, 0.29) is 5.78 Å². The lowest BCUT2D eigenvalue weighted by Gasteiger charge is -2.29. The highest BCUT2D eigenvalue weighted by Crippen LogP contribution is 2.28. The Bertz CT molecular complexity index is 776. The second-order valence-corrected chi connectivity index (χ2v) is 7.26. The second-order valence-electron chi connectivity index (χ2n) is 6.30. The van der Waals surface area contributed by atoms with E-state index in [0.29, 0.717) is 22.3 Å². The summed E-state index contributed by atoms with van der Waals surface area (Å²) in [7, 11) is 0. The second kappa shape index (κ2) is 7.60. The van der Waals surface area contributed by atoms with E-state index in [4.69, 9.17) is 0 Å². The third kappa shape index (κ3) is 4.54. The van der Waals surface area contributed by atoms with Crippen LogP contribution in [0.1, 0.15) is 37.0 Å². The van der Waals surface area contributed by atoms with Crippen LogP contribution in [0.3, 0.4) is 0 Å². The Labute approximate surface area is 150 Å². The average Bonchev–Trinajstić information content (AvgIpc) is 3.03. The smallest absolute Gasteiger partial charge is 0.325 e. The molecule has 1 aromatic heterocycles. The number of amides is 2. The largest absolute Gasteiger partial charge is 0.346 e. The maximum Gasteiger partial charge on any atom is 0.325 e. The quantitative estimate of drug-likeness (QED) is 0.814. The Morgan fingerprint density at radius 2 is 2.12 bits per heavy atom. The van der Waals surface area contributed by atoms with Gasteiger partial charge in [-0.1, -0.05) is 30.4 Å². The van der Waals surface area contributed by atoms with E-state index in [0.717, 1.165) is 24.6 Å². The Balaban J connectivity index is 1.60. The first-order valence-electron chi connectivity index (χ1n) is 8.28. The highest BCUT2D eigenvalue weighted by Gasteiger charge is 2.20. The van der Waals surface area contributed by atoms with Crippen molar-refractivity contribution in [3.63, 3.8) is 0 Å². The zero-order valence-corrected chi connectivity index (χ0v) is 15.1. The number of hydrogen-bond acceptors (Lipinski definition) is 6. The van der Waals surface area contributed by atoms with Crippen LogP contribution in [0.2, 0.25) is 0 Å². The van der Waals surface area contributed by atoms with Crippen molar-refractivity contribution >= 4 is 39.1 Å². The van der Waals surface area contributed by atoms with E-state index in [2.05, 4.69) is 32.7 Å². The highest BCUT2D eigenvalue weighted by molar-refractivity contribution is 7.19. The first-order chi connectivity index (χ1) is 12.0. The molecular weight excluding hydrogens is 338 g/mol. The maximum absolute atomic E-state index is 12.1. The van der Waals surface area contributed by atoms with E-state index in [9.17, 15) is 9.59 Å². The monoisotopic (exact) mass is 359 g/mol. The molecule has 1 aliphatic heterocycles. The lowest BCUT2D eigenvalue weighted by molar-refractivity contribution is 0.101. The number of aromatic nitrogens is 2. The molecule has 1 aromatic carbocycles. The average molecular weight is 359 g/mol. The van der Waals surface area contributed by atoms with Crippen LogP contribution < -0.4 is 15.5 Å². The van der Waals surface area contributed by atoms with Gasteiger partial charge in [-0.25, -0.2) is 4.79 Å². The van der Waals surface area contributed by atoms with Gasteiger partial charge in [0.05, 0.1) is 0 Å². The number of rotatable bonds is 4. The van der Waals surface area contributed by atoms with Crippen LogP contribution in [-0.4, -0.2) is 35.1 Å². The molecule has 2 aromatic rings. The number of nitrogens with zero attached hydrogens (tertiary/aromatic N) is 3. The fourth-order valence-corrected chi connectivity index (χ4v) is 3.61. The van der Waals surface area contributed by atoms with E-state index in [1.807, 2.05) is 0 Å². The van der Waals surface area contributed by atoms with Crippen LogP contribution >= 0.6 is 11.3 Å². The third-order valence-electron chi connectivity index (χ3n) is 4.09. The van der Waals surface area contributed by atoms with Gasteiger partial charge in [-0.3, -0.25) is 10.1 Å². The van der Waals surface area contributed by atoms with Gasteiger partial charge in [0.15, 0.2) is 5.78 Å². The van der Waals surface area contributed by atoms with E-state index >= 15 is 0 Å². The summed E-state index contributed by atoms with van der Waals surface area (Å²) >= 11 is 1.37. The SMILES string of the molecule is CC(=O)c1cccc(NC(=O)Nc2nnc(N3CCC[C@H](C)C3)s2)c1. The number of carbonyl (C=O) groups is 2. The normalized spacial score (nSPS) is 17.2. The summed E-state index contributed by atoms with van der Waals surface area (Å²) in [6, 6.07) is 6.40. The molecular formula is C17H21N5O2S. The lowest BCUT2D eigenvalue weighted by Crippen LogP contribution is -2.34. The number of hydrogen-bond donors (Lipinski definition) is 2. The first kappa shape index (κ1) is 17.3. The highest BCUT2D eigenvalue weighted by atomic mass is 32.1. The Kier molecular flexibility index (Phi) is 5.28. The van der Waals surface area contributed by atoms with Crippen molar-refractivity contribution in [1.29, 1.82) is 0 Å². The first-order valence-corrected chi connectivity index (χ1v) is 9.10. The van der Waals surface area contributed by atoms with Crippen LogP contribution in [-0.2, 0) is 0 Å². The van der Waals surface area contributed by atoms with Gasteiger partial charge in [-0.05, 0) is 37.8 Å².